The molecule has 0 spiro atoms. The van der Waals surface area contributed by atoms with Gasteiger partial charge in [-0.05, 0) is 36.7 Å². The highest BCUT2D eigenvalue weighted by atomic mass is 19.1. The molecular formula is C17H17FN2O. The second-order valence-corrected chi connectivity index (χ2v) is 4.62. The fourth-order valence-electron chi connectivity index (χ4n) is 1.92. The molecule has 0 aliphatic rings. The van der Waals surface area contributed by atoms with E-state index in [9.17, 15) is 4.39 Å². The zero-order valence-corrected chi connectivity index (χ0v) is 11.7. The highest BCUT2D eigenvalue weighted by Gasteiger charge is 2.04. The molecule has 0 heterocycles. The van der Waals surface area contributed by atoms with Crippen LogP contribution in [-0.2, 0) is 6.54 Å². The molecule has 2 rings (SSSR count). The van der Waals surface area contributed by atoms with Crippen LogP contribution in [0.2, 0.25) is 0 Å². The monoisotopic (exact) mass is 284 g/mol. The summed E-state index contributed by atoms with van der Waals surface area (Å²) >= 11 is 0. The first kappa shape index (κ1) is 15.0. The van der Waals surface area contributed by atoms with Gasteiger partial charge in [0.1, 0.15) is 17.6 Å². The Hall–Kier alpha value is -2.38. The minimum atomic E-state index is -0.427. The summed E-state index contributed by atoms with van der Waals surface area (Å²) in [7, 11) is 0. The second-order valence-electron chi connectivity index (χ2n) is 4.62. The number of hydrogen-bond donors (Lipinski definition) is 1. The van der Waals surface area contributed by atoms with E-state index in [1.807, 2.05) is 24.3 Å². The van der Waals surface area contributed by atoms with Crippen LogP contribution in [0.1, 0.15) is 17.5 Å². The van der Waals surface area contributed by atoms with Crippen LogP contribution in [0.3, 0.4) is 0 Å². The topological polar surface area (TPSA) is 45.0 Å². The quantitative estimate of drug-likeness (QED) is 0.794. The molecule has 0 bridgehead atoms. The summed E-state index contributed by atoms with van der Waals surface area (Å²) in [5.41, 5.74) is 1.47. The third kappa shape index (κ3) is 4.90. The molecule has 0 fully saturated rings. The fraction of sp³-hybridized carbons (Fsp3) is 0.235. The van der Waals surface area contributed by atoms with Gasteiger partial charge in [0.25, 0.3) is 0 Å². The van der Waals surface area contributed by atoms with E-state index in [4.69, 9.17) is 10.00 Å². The molecule has 1 N–H and O–H groups in total. The van der Waals surface area contributed by atoms with Crippen LogP contribution in [0.15, 0.2) is 48.5 Å². The minimum absolute atomic E-state index is 0.229. The Balaban J connectivity index is 1.67. The molecule has 0 aliphatic heterocycles. The first-order valence-corrected chi connectivity index (χ1v) is 6.86. The molecule has 21 heavy (non-hydrogen) atoms. The Morgan fingerprint density at radius 1 is 1.14 bits per heavy atom. The molecule has 0 unspecified atom stereocenters. The van der Waals surface area contributed by atoms with Gasteiger partial charge in [-0.15, -0.1) is 0 Å². The van der Waals surface area contributed by atoms with Gasteiger partial charge in [-0.1, -0.05) is 30.3 Å². The van der Waals surface area contributed by atoms with Crippen molar-refractivity contribution in [2.24, 2.45) is 0 Å². The van der Waals surface area contributed by atoms with Crippen LogP contribution in [0.5, 0.6) is 5.75 Å². The minimum Gasteiger partial charge on any atom is -0.492 e. The van der Waals surface area contributed by atoms with Crippen molar-refractivity contribution in [2.75, 3.05) is 13.2 Å². The maximum atomic E-state index is 13.0. The van der Waals surface area contributed by atoms with E-state index in [1.165, 1.54) is 23.8 Å². The first-order chi connectivity index (χ1) is 10.3. The van der Waals surface area contributed by atoms with Gasteiger partial charge in [0.15, 0.2) is 0 Å². The summed E-state index contributed by atoms with van der Waals surface area (Å²) in [5, 5.41) is 12.2. The van der Waals surface area contributed by atoms with Gasteiger partial charge >= 0.3 is 0 Å². The molecule has 0 aromatic heterocycles. The molecule has 3 nitrogen and oxygen atoms in total. The average molecular weight is 284 g/mol. The molecule has 4 heteroatoms. The zero-order valence-electron chi connectivity index (χ0n) is 11.7. The van der Waals surface area contributed by atoms with Gasteiger partial charge in [0.05, 0.1) is 12.2 Å². The number of nitrogens with one attached hydrogen (secondary N) is 1. The Bertz CT molecular complexity index is 608. The van der Waals surface area contributed by atoms with Crippen LogP contribution in [0, 0.1) is 17.1 Å². The van der Waals surface area contributed by atoms with Crippen LogP contribution < -0.4 is 10.1 Å². The third-order valence-corrected chi connectivity index (χ3v) is 2.99. The predicted octanol–water partition coefficient (Wildman–Crippen LogP) is 3.26. The van der Waals surface area contributed by atoms with Crippen molar-refractivity contribution in [1.29, 1.82) is 5.26 Å². The van der Waals surface area contributed by atoms with E-state index in [0.29, 0.717) is 12.4 Å². The molecule has 2 aromatic rings. The second kappa shape index (κ2) is 8.03. The highest BCUT2D eigenvalue weighted by Crippen LogP contribution is 2.18. The standard InChI is InChI=1S/C17H17FN2O/c18-16-7-8-17(15(11-16)12-19)21-10-4-9-20-13-14-5-2-1-3-6-14/h1-3,5-8,11,20H,4,9-10,13H2. The van der Waals surface area contributed by atoms with Crippen molar-refractivity contribution in [3.8, 4) is 11.8 Å². The molecule has 0 saturated heterocycles. The molecule has 0 amide bonds. The third-order valence-electron chi connectivity index (χ3n) is 2.99. The largest absolute Gasteiger partial charge is 0.492 e. The lowest BCUT2D eigenvalue weighted by molar-refractivity contribution is 0.306. The Labute approximate surface area is 124 Å². The first-order valence-electron chi connectivity index (χ1n) is 6.86. The summed E-state index contributed by atoms with van der Waals surface area (Å²) in [5.74, 6) is 0.00499. The van der Waals surface area contributed by atoms with Gasteiger partial charge in [-0.25, -0.2) is 4.39 Å². The van der Waals surface area contributed by atoms with E-state index < -0.39 is 5.82 Å². The van der Waals surface area contributed by atoms with Crippen molar-refractivity contribution in [3.63, 3.8) is 0 Å². The number of nitriles is 1. The smallest absolute Gasteiger partial charge is 0.137 e. The highest BCUT2D eigenvalue weighted by molar-refractivity contribution is 5.42. The van der Waals surface area contributed by atoms with E-state index in [0.717, 1.165) is 19.5 Å². The van der Waals surface area contributed by atoms with Gasteiger partial charge in [0.2, 0.25) is 0 Å². The number of halogens is 1. The molecule has 0 radical (unpaired) electrons. The summed E-state index contributed by atoms with van der Waals surface area (Å²) in [4.78, 5) is 0. The van der Waals surface area contributed by atoms with Crippen molar-refractivity contribution in [2.45, 2.75) is 13.0 Å². The van der Waals surface area contributed by atoms with Crippen molar-refractivity contribution >= 4 is 0 Å². The lowest BCUT2D eigenvalue weighted by atomic mass is 10.2. The summed E-state index contributed by atoms with van der Waals surface area (Å²) in [6.07, 6.45) is 0.815. The van der Waals surface area contributed by atoms with Crippen molar-refractivity contribution in [3.05, 3.63) is 65.5 Å². The van der Waals surface area contributed by atoms with E-state index in [-0.39, 0.29) is 5.56 Å². The summed E-state index contributed by atoms with van der Waals surface area (Å²) < 4.78 is 18.5. The van der Waals surface area contributed by atoms with E-state index in [2.05, 4.69) is 17.4 Å². The number of ether oxygens (including phenoxy) is 1. The molecule has 0 aliphatic carbocycles. The van der Waals surface area contributed by atoms with Crippen molar-refractivity contribution < 1.29 is 9.13 Å². The number of nitrogens with zero attached hydrogens (tertiary/aromatic N) is 1. The van der Waals surface area contributed by atoms with Gasteiger partial charge < -0.3 is 10.1 Å². The average Bonchev–Trinajstić information content (AvgIpc) is 2.52. The number of rotatable bonds is 7. The Morgan fingerprint density at radius 2 is 1.95 bits per heavy atom. The molecule has 2 aromatic carbocycles. The van der Waals surface area contributed by atoms with Crippen molar-refractivity contribution in [1.82, 2.24) is 5.32 Å². The van der Waals surface area contributed by atoms with Gasteiger partial charge in [-0.2, -0.15) is 5.26 Å². The number of hydrogen-bond acceptors (Lipinski definition) is 3. The van der Waals surface area contributed by atoms with Gasteiger partial charge in [-0.3, -0.25) is 0 Å². The van der Waals surface area contributed by atoms with Crippen LogP contribution in [0.4, 0.5) is 4.39 Å². The predicted molar refractivity (Wildman–Crippen MR) is 79.4 cm³/mol. The maximum Gasteiger partial charge on any atom is 0.137 e. The SMILES string of the molecule is N#Cc1cc(F)ccc1OCCCNCc1ccccc1. The maximum absolute atomic E-state index is 13.0. The lowest BCUT2D eigenvalue weighted by Crippen LogP contribution is -2.17. The Kier molecular flexibility index (Phi) is 5.74. The van der Waals surface area contributed by atoms with Crippen LogP contribution in [0.25, 0.3) is 0 Å². The molecule has 0 saturated carbocycles. The van der Waals surface area contributed by atoms with Crippen LogP contribution in [-0.4, -0.2) is 13.2 Å². The molecule has 0 atom stereocenters. The molecule has 108 valence electrons. The molecular weight excluding hydrogens is 267 g/mol. The normalized spacial score (nSPS) is 10.1. The summed E-state index contributed by atoms with van der Waals surface area (Å²) in [6, 6.07) is 16.1. The fourth-order valence-corrected chi connectivity index (χ4v) is 1.92. The summed E-state index contributed by atoms with van der Waals surface area (Å²) in [6.45, 7) is 2.13. The Morgan fingerprint density at radius 3 is 2.71 bits per heavy atom. The lowest BCUT2D eigenvalue weighted by Gasteiger charge is -2.08. The van der Waals surface area contributed by atoms with Crippen LogP contribution >= 0.6 is 0 Å². The van der Waals surface area contributed by atoms with E-state index >= 15 is 0 Å². The van der Waals surface area contributed by atoms with E-state index in [1.54, 1.807) is 0 Å². The van der Waals surface area contributed by atoms with Gasteiger partial charge in [0, 0.05) is 6.54 Å². The zero-order chi connectivity index (χ0) is 14.9. The number of benzene rings is 2.